The molecule has 0 aliphatic carbocycles. The Labute approximate surface area is 35.8 Å². The minimum atomic E-state index is -1.01. The molecule has 3 heteroatoms. The Hall–Kier alpha value is -0.570. The molecule has 6 heavy (non-hydrogen) atoms. The van der Waals surface area contributed by atoms with Crippen molar-refractivity contribution < 1.29 is 9.90 Å². The van der Waals surface area contributed by atoms with Crippen molar-refractivity contribution in [1.29, 1.82) is 0 Å². The van der Waals surface area contributed by atoms with Gasteiger partial charge in [-0.3, -0.25) is 4.79 Å². The third kappa shape index (κ3) is 1.72. The third-order valence-corrected chi connectivity index (χ3v) is 0.412. The van der Waals surface area contributed by atoms with Crippen molar-refractivity contribution in [1.82, 2.24) is 0 Å². The van der Waals surface area contributed by atoms with Gasteiger partial charge in [-0.05, 0) is 6.92 Å². The predicted molar refractivity (Wildman–Crippen MR) is 20.9 cm³/mol. The molecule has 0 bridgehead atoms. The normalized spacial score (nSPS) is 13.7. The molecule has 0 radical (unpaired) electrons. The first-order chi connectivity index (χ1) is 2.64. The molecule has 0 aliphatic heterocycles. The zero-order valence-corrected chi connectivity index (χ0v) is 3.51. The number of rotatable bonds is 1. The monoisotopic (exact) mass is 92.1 g/mol. The highest BCUT2D eigenvalue weighted by Gasteiger charge is 1.98. The van der Waals surface area contributed by atoms with Gasteiger partial charge in [0.15, 0.2) is 0 Å². The lowest BCUT2D eigenvalue weighted by molar-refractivity contribution is -0.125. The molecule has 0 fully saturated rings. The van der Waals surface area contributed by atoms with Crippen molar-refractivity contribution >= 4 is 5.91 Å². The zero-order chi connectivity index (χ0) is 5.15. The average molecular weight is 92.1 g/mol. The van der Waals surface area contributed by atoms with Gasteiger partial charge in [-0.2, -0.15) is 0 Å². The van der Waals surface area contributed by atoms with Crippen LogP contribution >= 0.6 is 0 Å². The second-order valence-corrected chi connectivity index (χ2v) is 1.08. The molecule has 0 saturated carbocycles. The Morgan fingerprint density at radius 2 is 2.17 bits per heavy atom. The summed E-state index contributed by atoms with van der Waals surface area (Å²) >= 11 is 0. The summed E-state index contributed by atoms with van der Waals surface area (Å²) < 4.78 is 0. The van der Waals surface area contributed by atoms with Crippen LogP contribution in [0.2, 0.25) is 0 Å². The van der Waals surface area contributed by atoms with Crippen molar-refractivity contribution in [3.05, 3.63) is 0 Å². The Morgan fingerprint density at radius 1 is 2.00 bits per heavy atom. The van der Waals surface area contributed by atoms with Crippen molar-refractivity contribution in [2.24, 2.45) is 5.73 Å². The largest absolute Gasteiger partial charge is 0.384 e. The lowest BCUT2D eigenvalue weighted by Gasteiger charge is -1.90. The van der Waals surface area contributed by atoms with Crippen molar-refractivity contribution in [2.45, 2.75) is 13.0 Å². The Kier molecular flexibility index (Phi) is 1.60. The van der Waals surface area contributed by atoms with E-state index in [-0.39, 0.29) is 0 Å². The van der Waals surface area contributed by atoms with Crippen LogP contribution in [0.25, 0.3) is 0 Å². The summed E-state index contributed by atoms with van der Waals surface area (Å²) in [5.41, 5.74) is 4.55. The van der Waals surface area contributed by atoms with E-state index in [0.717, 1.165) is 0 Å². The van der Waals surface area contributed by atoms with Crippen LogP contribution in [0.15, 0.2) is 0 Å². The van der Waals surface area contributed by atoms with Crippen LogP contribution in [0, 0.1) is 0 Å². The summed E-state index contributed by atoms with van der Waals surface area (Å²) in [7, 11) is 0. The minimum absolute atomic E-state index is 0.685. The number of aliphatic hydroxyl groups is 1. The van der Waals surface area contributed by atoms with Gasteiger partial charge in [0.05, 0.1) is 0 Å². The van der Waals surface area contributed by atoms with Crippen molar-refractivity contribution in [3.63, 3.8) is 0 Å². The van der Waals surface area contributed by atoms with E-state index in [1.807, 2.05) is 0 Å². The Balaban J connectivity index is 3.26. The second-order valence-electron chi connectivity index (χ2n) is 1.08. The number of nitrogens with two attached hydrogens (primary N) is 1. The van der Waals surface area contributed by atoms with Crippen LogP contribution in [0.1, 0.15) is 6.92 Å². The Bertz CT molecular complexity index is 59.8. The standard InChI is InChI=1S/C3H7NO2/c1-2(5)3(4)6/h2,5H,1H3,(H2,4,6)/i1+1,2+1,3+1. The molecule has 0 spiro atoms. The van der Waals surface area contributed by atoms with Gasteiger partial charge in [-0.15, -0.1) is 0 Å². The van der Waals surface area contributed by atoms with Crippen LogP contribution in [-0.2, 0) is 4.79 Å². The van der Waals surface area contributed by atoms with Gasteiger partial charge >= 0.3 is 0 Å². The molecule has 1 amide bonds. The SMILES string of the molecule is [13CH3][13CH](O)[13C](N)=O. The fourth-order valence-corrected chi connectivity index (χ4v) is 0. The van der Waals surface area contributed by atoms with Gasteiger partial charge in [0.1, 0.15) is 6.10 Å². The fraction of sp³-hybridized carbons (Fsp3) is 0.667. The first-order valence-corrected chi connectivity index (χ1v) is 1.62. The molecule has 0 aromatic carbocycles. The van der Waals surface area contributed by atoms with Crippen LogP contribution in [0.3, 0.4) is 0 Å². The van der Waals surface area contributed by atoms with E-state index in [1.54, 1.807) is 0 Å². The predicted octanol–water partition coefficient (Wildman–Crippen LogP) is -1.15. The lowest BCUT2D eigenvalue weighted by Crippen LogP contribution is -2.24. The molecule has 1 atom stereocenters. The molecular weight excluding hydrogens is 85.0 g/mol. The quantitative estimate of drug-likeness (QED) is 0.401. The maximum absolute atomic E-state index is 9.67. The van der Waals surface area contributed by atoms with Gasteiger partial charge in [-0.25, -0.2) is 0 Å². The van der Waals surface area contributed by atoms with Crippen LogP contribution < -0.4 is 5.73 Å². The van der Waals surface area contributed by atoms with Crippen LogP contribution in [0.5, 0.6) is 0 Å². The van der Waals surface area contributed by atoms with E-state index in [9.17, 15) is 4.79 Å². The topological polar surface area (TPSA) is 63.3 Å². The van der Waals surface area contributed by atoms with Crippen molar-refractivity contribution in [2.75, 3.05) is 0 Å². The maximum Gasteiger partial charge on any atom is 0.245 e. The number of hydrogen-bond acceptors (Lipinski definition) is 2. The number of carbonyl (C=O) groups excluding carboxylic acids is 1. The molecule has 3 nitrogen and oxygen atoms in total. The van der Waals surface area contributed by atoms with E-state index in [2.05, 4.69) is 5.73 Å². The highest BCUT2D eigenvalue weighted by molar-refractivity contribution is 5.77. The lowest BCUT2D eigenvalue weighted by atomic mass is 11.3. The van der Waals surface area contributed by atoms with Crippen LogP contribution in [0.4, 0.5) is 0 Å². The summed E-state index contributed by atoms with van der Waals surface area (Å²) in [5, 5.41) is 8.16. The maximum atomic E-state index is 9.67. The molecule has 0 saturated heterocycles. The smallest absolute Gasteiger partial charge is 0.245 e. The van der Waals surface area contributed by atoms with E-state index in [0.29, 0.717) is 0 Å². The first kappa shape index (κ1) is 5.43. The van der Waals surface area contributed by atoms with Crippen molar-refractivity contribution in [3.8, 4) is 0 Å². The number of aliphatic hydroxyl groups excluding tert-OH is 1. The van der Waals surface area contributed by atoms with Crippen LogP contribution in [-0.4, -0.2) is 17.1 Å². The number of carbonyl (C=O) groups is 1. The molecule has 0 aliphatic rings. The van der Waals surface area contributed by atoms with E-state index in [1.165, 1.54) is 6.92 Å². The molecule has 0 aromatic heterocycles. The Morgan fingerprint density at radius 3 is 2.17 bits per heavy atom. The van der Waals surface area contributed by atoms with Gasteiger partial charge in [0, 0.05) is 0 Å². The average Bonchev–Trinajstić information content (AvgIpc) is 1.36. The van der Waals surface area contributed by atoms with E-state index >= 15 is 0 Å². The summed E-state index contributed by atoms with van der Waals surface area (Å²) in [6.07, 6.45) is -1.01. The third-order valence-electron chi connectivity index (χ3n) is 0.412. The highest BCUT2D eigenvalue weighted by atomic mass is 16.4. The zero-order valence-electron chi connectivity index (χ0n) is 3.51. The molecular formula is C3H7NO2. The molecule has 0 rings (SSSR count). The van der Waals surface area contributed by atoms with E-state index in [4.69, 9.17) is 5.11 Å². The summed E-state index contributed by atoms with van der Waals surface area (Å²) in [6.45, 7) is 1.32. The summed E-state index contributed by atoms with van der Waals surface area (Å²) in [6, 6.07) is 0. The molecule has 1 unspecified atom stereocenters. The molecule has 0 aromatic rings. The number of primary amides is 1. The van der Waals surface area contributed by atoms with Gasteiger partial charge in [-0.1, -0.05) is 0 Å². The van der Waals surface area contributed by atoms with Gasteiger partial charge in [0.2, 0.25) is 5.91 Å². The fourth-order valence-electron chi connectivity index (χ4n) is 0. The highest BCUT2D eigenvalue weighted by Crippen LogP contribution is 1.70. The summed E-state index contributed by atoms with van der Waals surface area (Å²) in [4.78, 5) is 9.67. The molecule has 36 valence electrons. The minimum Gasteiger partial charge on any atom is -0.384 e. The van der Waals surface area contributed by atoms with Gasteiger partial charge < -0.3 is 10.8 Å². The van der Waals surface area contributed by atoms with Gasteiger partial charge in [0.25, 0.3) is 0 Å². The second kappa shape index (κ2) is 1.77. The number of amides is 1. The molecule has 0 heterocycles. The first-order valence-electron chi connectivity index (χ1n) is 1.62. The van der Waals surface area contributed by atoms with E-state index < -0.39 is 12.0 Å². The number of hydrogen-bond donors (Lipinski definition) is 2. The summed E-state index contributed by atoms with van der Waals surface area (Å²) in [5.74, 6) is -0.685. The molecule has 3 N–H and O–H groups in total.